The summed E-state index contributed by atoms with van der Waals surface area (Å²) in [4.78, 5) is 0. The molecule has 0 fully saturated rings. The average Bonchev–Trinajstić information content (AvgIpc) is 2.20. The summed E-state index contributed by atoms with van der Waals surface area (Å²) in [5.74, 6) is 1.25. The number of benzene rings is 1. The monoisotopic (exact) mass is 191 g/mol. The van der Waals surface area contributed by atoms with Crippen LogP contribution < -0.4 is 4.65 Å². The number of rotatable bonds is 4. The summed E-state index contributed by atoms with van der Waals surface area (Å²) in [6, 6.07) is 6.10. The minimum Gasteiger partial charge on any atom is -0.537 e. The molecule has 0 saturated heterocycles. The van der Waals surface area contributed by atoms with Crippen molar-refractivity contribution >= 4 is 7.69 Å². The van der Waals surface area contributed by atoms with Crippen LogP contribution >= 0.6 is 0 Å². The Balaban J connectivity index is 2.93. The van der Waals surface area contributed by atoms with Crippen molar-refractivity contribution in [1.29, 1.82) is 0 Å². The fraction of sp³-hybridized carbons (Fsp3) is 0.455. The van der Waals surface area contributed by atoms with Crippen LogP contribution in [0.25, 0.3) is 0 Å². The van der Waals surface area contributed by atoms with E-state index in [1.54, 1.807) is 0 Å². The summed E-state index contributed by atoms with van der Waals surface area (Å²) in [6.45, 7) is 6.29. The molecule has 14 heavy (non-hydrogen) atoms. The quantitative estimate of drug-likeness (QED) is 0.740. The molecule has 0 aliphatic carbocycles. The van der Waals surface area contributed by atoms with Gasteiger partial charge in [0.25, 0.3) is 0 Å². The number of aryl methyl sites for hydroxylation is 1. The van der Waals surface area contributed by atoms with E-state index in [1.165, 1.54) is 5.56 Å². The highest BCUT2D eigenvalue weighted by molar-refractivity contribution is 6.17. The van der Waals surface area contributed by atoms with Crippen LogP contribution in [-0.4, -0.2) is 12.7 Å². The molecule has 1 aromatic carbocycles. The molecule has 75 valence electrons. The molecular formula is C11H16BO2. The summed E-state index contributed by atoms with van der Waals surface area (Å²) in [7, 11) is 0.725. The van der Waals surface area contributed by atoms with E-state index in [0.717, 1.165) is 25.4 Å². The second-order valence-electron chi connectivity index (χ2n) is 3.56. The fourth-order valence-corrected chi connectivity index (χ4v) is 1.34. The van der Waals surface area contributed by atoms with Crippen LogP contribution in [0.2, 0.25) is 0 Å². The topological polar surface area (TPSA) is 29.5 Å². The van der Waals surface area contributed by atoms with Crippen LogP contribution in [0.4, 0.5) is 0 Å². The fourth-order valence-electron chi connectivity index (χ4n) is 1.34. The van der Waals surface area contributed by atoms with Crippen molar-refractivity contribution in [3.05, 3.63) is 29.3 Å². The Labute approximate surface area is 86.2 Å². The summed E-state index contributed by atoms with van der Waals surface area (Å²) in [5.41, 5.74) is 2.28. The van der Waals surface area contributed by atoms with Gasteiger partial charge < -0.3 is 9.68 Å². The molecule has 0 bridgehead atoms. The van der Waals surface area contributed by atoms with Crippen LogP contribution in [0.15, 0.2) is 18.2 Å². The third-order valence-corrected chi connectivity index (χ3v) is 2.57. The molecule has 3 heteroatoms. The van der Waals surface area contributed by atoms with E-state index in [0.29, 0.717) is 5.92 Å². The Morgan fingerprint density at radius 1 is 1.50 bits per heavy atom. The Morgan fingerprint density at radius 3 is 2.79 bits per heavy atom. The van der Waals surface area contributed by atoms with Gasteiger partial charge in [0.05, 0.1) is 0 Å². The maximum Gasteiger partial charge on any atom is 0.569 e. The van der Waals surface area contributed by atoms with Crippen molar-refractivity contribution in [3.63, 3.8) is 0 Å². The minimum absolute atomic E-state index is 0.525. The molecule has 1 aromatic rings. The highest BCUT2D eigenvalue weighted by atomic mass is 16.5. The first-order valence-corrected chi connectivity index (χ1v) is 4.92. The molecule has 1 radical (unpaired) electrons. The second kappa shape index (κ2) is 5.06. The predicted octanol–water partition coefficient (Wildman–Crippen LogP) is 2.41. The highest BCUT2D eigenvalue weighted by Gasteiger charge is 2.06. The summed E-state index contributed by atoms with van der Waals surface area (Å²) < 4.78 is 5.00. The van der Waals surface area contributed by atoms with Gasteiger partial charge in [-0.1, -0.05) is 26.0 Å². The van der Waals surface area contributed by atoms with E-state index in [4.69, 9.17) is 9.68 Å². The zero-order valence-electron chi connectivity index (χ0n) is 8.95. The first kappa shape index (κ1) is 11.1. The van der Waals surface area contributed by atoms with E-state index < -0.39 is 0 Å². The van der Waals surface area contributed by atoms with Crippen molar-refractivity contribution < 1.29 is 9.68 Å². The molecule has 0 saturated carbocycles. The van der Waals surface area contributed by atoms with Crippen LogP contribution in [0, 0.1) is 6.92 Å². The van der Waals surface area contributed by atoms with Gasteiger partial charge in [-0.05, 0) is 36.5 Å². The Morgan fingerprint density at radius 2 is 2.21 bits per heavy atom. The van der Waals surface area contributed by atoms with Crippen molar-refractivity contribution in [1.82, 2.24) is 0 Å². The lowest BCUT2D eigenvalue weighted by Crippen LogP contribution is -2.02. The first-order valence-electron chi connectivity index (χ1n) is 4.92. The molecule has 0 heterocycles. The van der Waals surface area contributed by atoms with Crippen molar-refractivity contribution in [2.24, 2.45) is 0 Å². The lowest BCUT2D eigenvalue weighted by atomic mass is 9.97. The molecule has 2 nitrogen and oxygen atoms in total. The van der Waals surface area contributed by atoms with E-state index in [9.17, 15) is 0 Å². The highest BCUT2D eigenvalue weighted by Crippen LogP contribution is 2.25. The molecule has 1 unspecified atom stereocenters. The van der Waals surface area contributed by atoms with E-state index in [2.05, 4.69) is 19.9 Å². The van der Waals surface area contributed by atoms with Crippen LogP contribution in [0.5, 0.6) is 5.75 Å². The van der Waals surface area contributed by atoms with Crippen molar-refractivity contribution in [2.45, 2.75) is 33.1 Å². The van der Waals surface area contributed by atoms with Gasteiger partial charge in [-0.3, -0.25) is 0 Å². The molecule has 0 aliphatic rings. The zero-order chi connectivity index (χ0) is 10.6. The molecule has 0 aromatic heterocycles. The molecule has 1 N–H and O–H groups in total. The van der Waals surface area contributed by atoms with E-state index >= 15 is 0 Å². The Kier molecular flexibility index (Phi) is 4.02. The van der Waals surface area contributed by atoms with Crippen LogP contribution in [0.3, 0.4) is 0 Å². The van der Waals surface area contributed by atoms with Gasteiger partial charge in [-0.15, -0.1) is 0 Å². The van der Waals surface area contributed by atoms with Crippen LogP contribution in [-0.2, 0) is 0 Å². The van der Waals surface area contributed by atoms with Crippen molar-refractivity contribution in [3.8, 4) is 5.75 Å². The van der Waals surface area contributed by atoms with Gasteiger partial charge in [-0.25, -0.2) is 0 Å². The molecule has 0 amide bonds. The van der Waals surface area contributed by atoms with Gasteiger partial charge >= 0.3 is 7.69 Å². The van der Waals surface area contributed by atoms with Gasteiger partial charge in [0.15, 0.2) is 0 Å². The Bertz CT molecular complexity index is 299. The SMILES string of the molecule is CCC(C)c1ccc(C)c(O[B]O)c1. The van der Waals surface area contributed by atoms with Gasteiger partial charge in [0.2, 0.25) is 0 Å². The lowest BCUT2D eigenvalue weighted by Gasteiger charge is -2.12. The number of hydrogen-bond donors (Lipinski definition) is 1. The molecule has 1 atom stereocenters. The summed E-state index contributed by atoms with van der Waals surface area (Å²) in [6.07, 6.45) is 1.10. The zero-order valence-corrected chi connectivity index (χ0v) is 8.95. The number of hydrogen-bond acceptors (Lipinski definition) is 2. The predicted molar refractivity (Wildman–Crippen MR) is 58.5 cm³/mol. The second-order valence-corrected chi connectivity index (χ2v) is 3.56. The molecule has 0 aliphatic heterocycles. The average molecular weight is 191 g/mol. The largest absolute Gasteiger partial charge is 0.569 e. The lowest BCUT2D eigenvalue weighted by molar-refractivity contribution is 0.451. The summed E-state index contributed by atoms with van der Waals surface area (Å²) in [5, 5.41) is 8.58. The minimum atomic E-state index is 0.525. The molecular weight excluding hydrogens is 175 g/mol. The van der Waals surface area contributed by atoms with Gasteiger partial charge in [0.1, 0.15) is 5.75 Å². The maximum absolute atomic E-state index is 8.58. The van der Waals surface area contributed by atoms with Crippen molar-refractivity contribution in [2.75, 3.05) is 0 Å². The smallest absolute Gasteiger partial charge is 0.537 e. The van der Waals surface area contributed by atoms with Gasteiger partial charge in [0, 0.05) is 0 Å². The third kappa shape index (κ3) is 2.52. The Hall–Kier alpha value is -0.955. The van der Waals surface area contributed by atoms with Gasteiger partial charge in [-0.2, -0.15) is 0 Å². The van der Waals surface area contributed by atoms with Crippen LogP contribution in [0.1, 0.15) is 37.3 Å². The maximum atomic E-state index is 8.58. The standard InChI is InChI=1S/C11H16BO2/c1-4-8(2)10-6-5-9(3)11(7-10)14-12-13/h5-8,13H,4H2,1-3H3. The normalized spacial score (nSPS) is 12.3. The molecule has 1 rings (SSSR count). The first-order chi connectivity index (χ1) is 6.69. The van der Waals surface area contributed by atoms with E-state index in [-0.39, 0.29) is 0 Å². The van der Waals surface area contributed by atoms with E-state index in [1.807, 2.05) is 19.1 Å². The molecule has 0 spiro atoms. The third-order valence-electron chi connectivity index (χ3n) is 2.57. The summed E-state index contributed by atoms with van der Waals surface area (Å²) >= 11 is 0.